The Balaban J connectivity index is 1.34. The second-order valence-corrected chi connectivity index (χ2v) is 8.88. The maximum absolute atomic E-state index is 15.1. The summed E-state index contributed by atoms with van der Waals surface area (Å²) >= 11 is 0. The zero-order valence-electron chi connectivity index (χ0n) is 21.6. The number of carbonyl (C=O) groups excluding carboxylic acids is 1. The summed E-state index contributed by atoms with van der Waals surface area (Å²) in [6.07, 6.45) is 7.76. The van der Waals surface area contributed by atoms with Crippen molar-refractivity contribution < 1.29 is 18.3 Å². The van der Waals surface area contributed by atoms with Crippen molar-refractivity contribution in [3.63, 3.8) is 0 Å². The Kier molecular flexibility index (Phi) is 7.63. The van der Waals surface area contributed by atoms with Gasteiger partial charge in [0.1, 0.15) is 11.4 Å². The summed E-state index contributed by atoms with van der Waals surface area (Å²) in [6.45, 7) is 0. The second-order valence-electron chi connectivity index (χ2n) is 8.88. The van der Waals surface area contributed by atoms with Crippen LogP contribution in [0, 0.1) is 17.0 Å². The molecule has 0 saturated heterocycles. The van der Waals surface area contributed by atoms with Gasteiger partial charge in [0.25, 0.3) is 11.5 Å². The quantitative estimate of drug-likeness (QED) is 0.214. The molecule has 0 aliphatic rings. The van der Waals surface area contributed by atoms with Crippen molar-refractivity contribution in [2.45, 2.75) is 6.42 Å². The average Bonchev–Trinajstić information content (AvgIpc) is 3.36. The monoisotopic (exact) mass is 555 g/mol. The fourth-order valence-corrected chi connectivity index (χ4v) is 3.98. The van der Waals surface area contributed by atoms with E-state index in [0.717, 1.165) is 12.3 Å². The van der Waals surface area contributed by atoms with Gasteiger partial charge in [0.15, 0.2) is 17.3 Å². The van der Waals surface area contributed by atoms with Crippen LogP contribution in [0.5, 0.6) is 11.5 Å². The minimum atomic E-state index is -0.772. The molecule has 0 bridgehead atoms. The molecular weight excluding hydrogens is 532 g/mol. The molecule has 0 saturated carbocycles. The molecule has 3 N–H and O–H groups in total. The molecule has 10 nitrogen and oxygen atoms in total. The molecule has 0 aliphatic carbocycles. The van der Waals surface area contributed by atoms with Gasteiger partial charge in [0, 0.05) is 55.6 Å². The van der Waals surface area contributed by atoms with E-state index in [1.54, 1.807) is 36.4 Å². The fourth-order valence-electron chi connectivity index (χ4n) is 3.98. The highest BCUT2D eigenvalue weighted by atomic mass is 19.1. The third-order valence-electron chi connectivity index (χ3n) is 5.93. The number of nitrogens with zero attached hydrogens (tertiary/aromatic N) is 4. The lowest BCUT2D eigenvalue weighted by molar-refractivity contribution is 0.102. The topological polar surface area (TPSA) is 127 Å². The van der Waals surface area contributed by atoms with E-state index < -0.39 is 23.1 Å². The van der Waals surface area contributed by atoms with E-state index in [9.17, 15) is 14.0 Å². The molecule has 0 spiro atoms. The van der Waals surface area contributed by atoms with E-state index in [-0.39, 0.29) is 29.2 Å². The number of ether oxygens (including phenoxy) is 1. The van der Waals surface area contributed by atoms with E-state index in [1.165, 1.54) is 59.3 Å². The number of carbonyl (C=O) groups is 1. The van der Waals surface area contributed by atoms with Gasteiger partial charge in [0.05, 0.1) is 29.5 Å². The van der Waals surface area contributed by atoms with E-state index >= 15 is 4.39 Å². The Morgan fingerprint density at radius 1 is 1.02 bits per heavy atom. The third-order valence-corrected chi connectivity index (χ3v) is 5.93. The molecule has 0 radical (unpaired) electrons. The molecule has 0 unspecified atom stereocenters. The van der Waals surface area contributed by atoms with Crippen molar-refractivity contribution in [2.24, 2.45) is 7.05 Å². The lowest BCUT2D eigenvalue weighted by Gasteiger charge is -2.13. The second kappa shape index (κ2) is 11.6. The molecule has 3 heterocycles. The predicted octanol–water partition coefficient (Wildman–Crippen LogP) is 5.22. The summed E-state index contributed by atoms with van der Waals surface area (Å²) in [7, 11) is 1.78. The van der Waals surface area contributed by atoms with Gasteiger partial charge in [0.2, 0.25) is 0 Å². The van der Waals surface area contributed by atoms with Crippen molar-refractivity contribution in [1.82, 2.24) is 19.3 Å². The highest BCUT2D eigenvalue weighted by molar-refractivity contribution is 6.04. The van der Waals surface area contributed by atoms with E-state index in [0.29, 0.717) is 22.8 Å². The number of pyridine rings is 2. The summed E-state index contributed by atoms with van der Waals surface area (Å²) in [5.74, 6) is -1.87. The largest absolute Gasteiger partial charge is 0.452 e. The van der Waals surface area contributed by atoms with Crippen LogP contribution in [0.2, 0.25) is 0 Å². The number of aryl methyl sites for hydroxylation is 1. The number of anilines is 3. The molecule has 5 rings (SSSR count). The van der Waals surface area contributed by atoms with Crippen molar-refractivity contribution >= 4 is 29.2 Å². The Morgan fingerprint density at radius 3 is 2.54 bits per heavy atom. The number of rotatable bonds is 9. The molecule has 12 heteroatoms. The maximum atomic E-state index is 15.1. The SMILES string of the molecule is Cn1cc(Nc2cnc(CC=N)c(Oc3ccc(NC(=O)c4cccn(-c5ccc(F)cc5)c4=O)cc3F)c2)cn1. The molecule has 0 aliphatic heterocycles. The van der Waals surface area contributed by atoms with E-state index in [4.69, 9.17) is 10.1 Å². The Bertz CT molecular complexity index is 1800. The van der Waals surface area contributed by atoms with Gasteiger partial charge in [-0.05, 0) is 48.5 Å². The number of nitrogens with one attached hydrogen (secondary N) is 3. The van der Waals surface area contributed by atoms with Gasteiger partial charge in [-0.2, -0.15) is 5.10 Å². The summed E-state index contributed by atoms with van der Waals surface area (Å²) in [4.78, 5) is 30.1. The number of aromatic nitrogens is 4. The summed E-state index contributed by atoms with van der Waals surface area (Å²) < 4.78 is 37.0. The first-order valence-electron chi connectivity index (χ1n) is 12.3. The van der Waals surface area contributed by atoms with Crippen LogP contribution < -0.4 is 20.9 Å². The zero-order chi connectivity index (χ0) is 28.9. The molecule has 41 heavy (non-hydrogen) atoms. The third kappa shape index (κ3) is 6.17. The first-order valence-corrected chi connectivity index (χ1v) is 12.3. The van der Waals surface area contributed by atoms with Crippen LogP contribution in [0.4, 0.5) is 25.8 Å². The van der Waals surface area contributed by atoms with E-state index in [2.05, 4.69) is 20.7 Å². The van der Waals surface area contributed by atoms with Gasteiger partial charge in [-0.15, -0.1) is 0 Å². The molecule has 3 aromatic heterocycles. The Labute approximate surface area is 232 Å². The molecular formula is C29H23F2N7O3. The molecule has 0 atom stereocenters. The van der Waals surface area contributed by atoms with Gasteiger partial charge in [-0.1, -0.05) is 0 Å². The summed E-state index contributed by atoms with van der Waals surface area (Å²) in [5.41, 5.74) is 1.39. The van der Waals surface area contributed by atoms with Crippen LogP contribution in [-0.4, -0.2) is 31.5 Å². The van der Waals surface area contributed by atoms with Crippen molar-refractivity contribution in [1.29, 1.82) is 5.41 Å². The number of hydrogen-bond acceptors (Lipinski definition) is 7. The van der Waals surface area contributed by atoms with Gasteiger partial charge >= 0.3 is 0 Å². The smallest absolute Gasteiger partial charge is 0.267 e. The lowest BCUT2D eigenvalue weighted by Crippen LogP contribution is -2.27. The van der Waals surface area contributed by atoms with E-state index in [1.807, 2.05) is 0 Å². The highest BCUT2D eigenvalue weighted by Crippen LogP contribution is 2.31. The molecule has 0 fully saturated rings. The highest BCUT2D eigenvalue weighted by Gasteiger charge is 2.16. The minimum Gasteiger partial charge on any atom is -0.452 e. The molecule has 1 amide bonds. The fraction of sp³-hybridized carbons (Fsp3) is 0.0690. The van der Waals surface area contributed by atoms with Crippen LogP contribution in [0.15, 0.2) is 90.2 Å². The van der Waals surface area contributed by atoms with Crippen molar-refractivity contribution in [3.05, 3.63) is 119 Å². The minimum absolute atomic E-state index is 0.0984. The number of halogens is 2. The number of amides is 1. The first-order chi connectivity index (χ1) is 19.8. The summed E-state index contributed by atoms with van der Waals surface area (Å²) in [5, 5.41) is 17.2. The molecule has 5 aromatic rings. The van der Waals surface area contributed by atoms with Crippen molar-refractivity contribution in [3.8, 4) is 17.2 Å². The molecule has 206 valence electrons. The van der Waals surface area contributed by atoms with Crippen molar-refractivity contribution in [2.75, 3.05) is 10.6 Å². The predicted molar refractivity (Wildman–Crippen MR) is 150 cm³/mol. The lowest BCUT2D eigenvalue weighted by atomic mass is 10.2. The standard InChI is InChI=1S/C29H23F2N7O3/c1-37-17-21(16-34-37)35-20-14-27(25(10-11-32)33-15-20)41-26-9-6-19(13-24(26)31)36-28(39)23-3-2-12-38(29(23)40)22-7-4-18(30)5-8-22/h2-9,11-17,32,35H,10H2,1H3,(H,36,39). The number of benzene rings is 2. The maximum Gasteiger partial charge on any atom is 0.267 e. The van der Waals surface area contributed by atoms with Gasteiger partial charge in [-0.3, -0.25) is 23.8 Å². The zero-order valence-corrected chi connectivity index (χ0v) is 21.6. The Hall–Kier alpha value is -5.65. The normalized spacial score (nSPS) is 10.7. The summed E-state index contributed by atoms with van der Waals surface area (Å²) in [6, 6.07) is 13.6. The van der Waals surface area contributed by atoms with Crippen LogP contribution in [-0.2, 0) is 13.5 Å². The Morgan fingerprint density at radius 2 is 1.83 bits per heavy atom. The van der Waals surface area contributed by atoms with Crippen LogP contribution in [0.1, 0.15) is 16.1 Å². The van der Waals surface area contributed by atoms with Crippen LogP contribution in [0.25, 0.3) is 5.69 Å². The van der Waals surface area contributed by atoms with Gasteiger partial charge < -0.3 is 20.8 Å². The number of hydrogen-bond donors (Lipinski definition) is 3. The van der Waals surface area contributed by atoms with Crippen LogP contribution >= 0.6 is 0 Å². The first kappa shape index (κ1) is 26.9. The van der Waals surface area contributed by atoms with Crippen LogP contribution in [0.3, 0.4) is 0 Å². The average molecular weight is 556 g/mol. The van der Waals surface area contributed by atoms with Gasteiger partial charge in [-0.25, -0.2) is 8.78 Å². The molecule has 2 aromatic carbocycles.